The lowest BCUT2D eigenvalue weighted by Crippen LogP contribution is -2.41. The molecular formula is C18H22N2O3S2. The van der Waals surface area contributed by atoms with Crippen LogP contribution in [-0.4, -0.2) is 32.4 Å². The van der Waals surface area contributed by atoms with Gasteiger partial charge in [-0.15, -0.1) is 0 Å². The summed E-state index contributed by atoms with van der Waals surface area (Å²) in [5.41, 5.74) is 6.75. The van der Waals surface area contributed by atoms with Crippen LogP contribution in [0, 0.1) is 0 Å². The number of hydrogen-bond acceptors (Lipinski definition) is 5. The van der Waals surface area contributed by atoms with Crippen molar-refractivity contribution >= 4 is 27.5 Å². The second kappa shape index (κ2) is 9.03. The molecule has 0 spiro atoms. The zero-order valence-corrected chi connectivity index (χ0v) is 15.6. The van der Waals surface area contributed by atoms with Crippen LogP contribution in [0.1, 0.15) is 12.0 Å². The highest BCUT2D eigenvalue weighted by molar-refractivity contribution is 7.99. The van der Waals surface area contributed by atoms with Crippen LogP contribution in [0.15, 0.2) is 64.4 Å². The molecule has 0 bridgehead atoms. The summed E-state index contributed by atoms with van der Waals surface area (Å²) in [4.78, 5) is 14.2. The topological polar surface area (TPSA) is 89.3 Å². The summed E-state index contributed by atoms with van der Waals surface area (Å²) in [6.45, 7) is 0.349. The van der Waals surface area contributed by atoms with Gasteiger partial charge in [-0.3, -0.25) is 4.79 Å². The lowest BCUT2D eigenvalue weighted by Gasteiger charge is -2.14. The largest absolute Gasteiger partial charge is 0.351 e. The van der Waals surface area contributed by atoms with Crippen LogP contribution >= 0.6 is 11.8 Å². The third-order valence-corrected chi connectivity index (χ3v) is 5.64. The Kier molecular flexibility index (Phi) is 7.04. The van der Waals surface area contributed by atoms with Gasteiger partial charge in [-0.1, -0.05) is 48.2 Å². The van der Waals surface area contributed by atoms with E-state index >= 15 is 0 Å². The Morgan fingerprint density at radius 1 is 1.12 bits per heavy atom. The maximum Gasteiger partial charge on any atom is 0.237 e. The number of amides is 1. The maximum atomic E-state index is 12.1. The van der Waals surface area contributed by atoms with Gasteiger partial charge in [0.25, 0.3) is 0 Å². The minimum absolute atomic E-state index is 0.0952. The normalized spacial score (nSPS) is 12.6. The van der Waals surface area contributed by atoms with Crippen molar-refractivity contribution < 1.29 is 13.2 Å². The minimum atomic E-state index is -3.12. The average Bonchev–Trinajstić information content (AvgIpc) is 2.59. The lowest BCUT2D eigenvalue weighted by molar-refractivity contribution is -0.122. The van der Waals surface area contributed by atoms with Gasteiger partial charge in [0.15, 0.2) is 0 Å². The lowest BCUT2D eigenvalue weighted by atomic mass is 10.2. The first-order valence-electron chi connectivity index (χ1n) is 7.87. The Bertz CT molecular complexity index is 808. The Morgan fingerprint density at radius 2 is 1.76 bits per heavy atom. The van der Waals surface area contributed by atoms with E-state index in [1.165, 1.54) is 0 Å². The number of carbonyl (C=O) groups is 1. The molecule has 0 saturated heterocycles. The molecule has 1 atom stereocenters. The molecule has 0 aliphatic heterocycles. The average molecular weight is 379 g/mol. The van der Waals surface area contributed by atoms with E-state index in [0.717, 1.165) is 21.6 Å². The Morgan fingerprint density at radius 3 is 2.44 bits per heavy atom. The zero-order chi connectivity index (χ0) is 18.3. The number of hydrogen-bond donors (Lipinski definition) is 2. The van der Waals surface area contributed by atoms with E-state index in [-0.39, 0.29) is 18.1 Å². The van der Waals surface area contributed by atoms with E-state index in [2.05, 4.69) is 5.32 Å². The molecule has 2 aromatic rings. The van der Waals surface area contributed by atoms with Crippen LogP contribution in [0.4, 0.5) is 0 Å². The number of sulfone groups is 1. The third kappa shape index (κ3) is 6.89. The van der Waals surface area contributed by atoms with Gasteiger partial charge in [0.1, 0.15) is 9.84 Å². The molecule has 0 aliphatic carbocycles. The molecule has 7 heteroatoms. The van der Waals surface area contributed by atoms with Gasteiger partial charge < -0.3 is 11.1 Å². The summed E-state index contributed by atoms with van der Waals surface area (Å²) in [7, 11) is -3.12. The van der Waals surface area contributed by atoms with Gasteiger partial charge in [0.2, 0.25) is 5.91 Å². The summed E-state index contributed by atoms with van der Waals surface area (Å²) < 4.78 is 22.3. The van der Waals surface area contributed by atoms with Crippen molar-refractivity contribution in [2.45, 2.75) is 28.8 Å². The van der Waals surface area contributed by atoms with E-state index in [4.69, 9.17) is 5.73 Å². The Balaban J connectivity index is 1.95. The fourth-order valence-corrected chi connectivity index (χ4v) is 3.80. The van der Waals surface area contributed by atoms with Gasteiger partial charge >= 0.3 is 0 Å². The fourth-order valence-electron chi connectivity index (χ4n) is 2.15. The number of carbonyl (C=O) groups excluding carboxylic acids is 1. The summed E-state index contributed by atoms with van der Waals surface area (Å²) in [6, 6.07) is 17.0. The van der Waals surface area contributed by atoms with Crippen LogP contribution in [-0.2, 0) is 21.2 Å². The smallest absolute Gasteiger partial charge is 0.237 e. The molecule has 5 nitrogen and oxygen atoms in total. The van der Waals surface area contributed by atoms with Crippen LogP contribution < -0.4 is 11.1 Å². The molecule has 2 aromatic carbocycles. The van der Waals surface area contributed by atoms with Crippen molar-refractivity contribution in [2.75, 3.05) is 12.0 Å². The van der Waals surface area contributed by atoms with Crippen molar-refractivity contribution in [1.82, 2.24) is 5.32 Å². The molecule has 0 radical (unpaired) electrons. The number of benzene rings is 2. The van der Waals surface area contributed by atoms with E-state index in [9.17, 15) is 13.2 Å². The third-order valence-electron chi connectivity index (χ3n) is 3.53. The monoisotopic (exact) mass is 378 g/mol. The molecular weight excluding hydrogens is 356 g/mol. The number of nitrogens with one attached hydrogen (secondary N) is 1. The first-order valence-corrected chi connectivity index (χ1v) is 10.7. The number of nitrogens with two attached hydrogens (primary N) is 1. The number of rotatable bonds is 8. The van der Waals surface area contributed by atoms with Crippen molar-refractivity contribution in [3.05, 3.63) is 60.2 Å². The van der Waals surface area contributed by atoms with Gasteiger partial charge in [-0.05, 0) is 30.2 Å². The van der Waals surface area contributed by atoms with E-state index in [0.29, 0.717) is 6.54 Å². The molecule has 0 heterocycles. The summed E-state index contributed by atoms with van der Waals surface area (Å²) in [5, 5.41) is 2.79. The molecule has 134 valence electrons. The van der Waals surface area contributed by atoms with Crippen LogP contribution in [0.3, 0.4) is 0 Å². The molecule has 0 aromatic heterocycles. The van der Waals surface area contributed by atoms with Gasteiger partial charge in [-0.25, -0.2) is 8.42 Å². The van der Waals surface area contributed by atoms with Crippen molar-refractivity contribution in [3.8, 4) is 0 Å². The standard InChI is InChI=1S/C18H22N2O3S2/c1-25(22,23)12-11-16(19)18(21)20-13-14-7-5-6-10-17(14)24-15-8-3-2-4-9-15/h2-10,16H,11-13,19H2,1H3,(H,20,21)/t16-/m0/s1. The molecule has 0 fully saturated rings. The van der Waals surface area contributed by atoms with Crippen molar-refractivity contribution in [2.24, 2.45) is 5.73 Å². The molecule has 0 unspecified atom stereocenters. The van der Waals surface area contributed by atoms with Crippen molar-refractivity contribution in [3.63, 3.8) is 0 Å². The molecule has 1 amide bonds. The highest BCUT2D eigenvalue weighted by atomic mass is 32.2. The van der Waals surface area contributed by atoms with Crippen LogP contribution in [0.2, 0.25) is 0 Å². The van der Waals surface area contributed by atoms with Crippen molar-refractivity contribution in [1.29, 1.82) is 0 Å². The Hall–Kier alpha value is -1.83. The second-order valence-electron chi connectivity index (χ2n) is 5.77. The van der Waals surface area contributed by atoms with E-state index in [1.54, 1.807) is 11.8 Å². The first-order chi connectivity index (χ1) is 11.8. The van der Waals surface area contributed by atoms with Gasteiger partial charge in [-0.2, -0.15) is 0 Å². The molecule has 25 heavy (non-hydrogen) atoms. The minimum Gasteiger partial charge on any atom is -0.351 e. The SMILES string of the molecule is CS(=O)(=O)CC[C@H](N)C(=O)NCc1ccccc1Sc1ccccc1. The van der Waals surface area contributed by atoms with Crippen LogP contribution in [0.25, 0.3) is 0 Å². The Labute approximate surface area is 152 Å². The quantitative estimate of drug-likeness (QED) is 0.735. The van der Waals surface area contributed by atoms with Gasteiger partial charge in [0, 0.05) is 22.6 Å². The second-order valence-corrected chi connectivity index (χ2v) is 9.14. The predicted octanol–water partition coefficient (Wildman–Crippen LogP) is 2.22. The first kappa shape index (κ1) is 19.5. The highest BCUT2D eigenvalue weighted by Crippen LogP contribution is 2.30. The van der Waals surface area contributed by atoms with Gasteiger partial charge in [0.05, 0.1) is 11.8 Å². The molecule has 3 N–H and O–H groups in total. The molecule has 0 aliphatic rings. The summed E-state index contributed by atoms with van der Waals surface area (Å²) in [6.07, 6.45) is 1.25. The maximum absolute atomic E-state index is 12.1. The predicted molar refractivity (Wildman–Crippen MR) is 101 cm³/mol. The summed E-state index contributed by atoms with van der Waals surface area (Å²) >= 11 is 1.63. The van der Waals surface area contributed by atoms with Crippen LogP contribution in [0.5, 0.6) is 0 Å². The fraction of sp³-hybridized carbons (Fsp3) is 0.278. The summed E-state index contributed by atoms with van der Waals surface area (Å²) in [5.74, 6) is -0.439. The van der Waals surface area contributed by atoms with E-state index < -0.39 is 15.9 Å². The highest BCUT2D eigenvalue weighted by Gasteiger charge is 2.16. The zero-order valence-electron chi connectivity index (χ0n) is 14.0. The molecule has 2 rings (SSSR count). The molecule has 0 saturated carbocycles. The van der Waals surface area contributed by atoms with E-state index in [1.807, 2.05) is 54.6 Å².